The Bertz CT molecular complexity index is 388. The molecular formula is C13H23N3O2. The Labute approximate surface area is 108 Å². The van der Waals surface area contributed by atoms with Crippen LogP contribution >= 0.6 is 0 Å². The fourth-order valence-corrected chi connectivity index (χ4v) is 1.78. The van der Waals surface area contributed by atoms with Crippen molar-refractivity contribution in [1.29, 1.82) is 0 Å². The topological polar surface area (TPSA) is 69.3 Å². The van der Waals surface area contributed by atoms with Gasteiger partial charge in [0.2, 0.25) is 0 Å². The number of anilines is 1. The van der Waals surface area contributed by atoms with Gasteiger partial charge in [-0.1, -0.05) is 6.92 Å². The number of carbonyl (C=O) groups is 1. The summed E-state index contributed by atoms with van der Waals surface area (Å²) < 4.78 is 7.16. The van der Waals surface area contributed by atoms with Crippen LogP contribution in [0.5, 0.6) is 0 Å². The molecule has 0 aliphatic carbocycles. The SMILES string of the molecule is CCCn1cc(N)cc1C(=O)NC(C)COCC. The second kappa shape index (κ2) is 7.06. The van der Waals surface area contributed by atoms with E-state index in [9.17, 15) is 4.79 Å². The summed E-state index contributed by atoms with van der Waals surface area (Å²) in [7, 11) is 0. The molecule has 5 heteroatoms. The van der Waals surface area contributed by atoms with Crippen molar-refractivity contribution in [2.24, 2.45) is 0 Å². The van der Waals surface area contributed by atoms with E-state index in [2.05, 4.69) is 12.2 Å². The first-order valence-corrected chi connectivity index (χ1v) is 6.42. The molecule has 1 unspecified atom stereocenters. The smallest absolute Gasteiger partial charge is 0.268 e. The van der Waals surface area contributed by atoms with E-state index in [0.29, 0.717) is 24.6 Å². The van der Waals surface area contributed by atoms with Crippen molar-refractivity contribution < 1.29 is 9.53 Å². The molecule has 1 aromatic rings. The molecule has 0 aromatic carbocycles. The fraction of sp³-hybridized carbons (Fsp3) is 0.615. The number of nitrogens with one attached hydrogen (secondary N) is 1. The van der Waals surface area contributed by atoms with Crippen molar-refractivity contribution >= 4 is 11.6 Å². The monoisotopic (exact) mass is 253 g/mol. The third-order valence-corrected chi connectivity index (χ3v) is 2.56. The van der Waals surface area contributed by atoms with Gasteiger partial charge in [-0.15, -0.1) is 0 Å². The largest absolute Gasteiger partial charge is 0.397 e. The molecule has 0 aliphatic rings. The lowest BCUT2D eigenvalue weighted by Gasteiger charge is -2.14. The number of amides is 1. The molecule has 5 nitrogen and oxygen atoms in total. The van der Waals surface area contributed by atoms with Gasteiger partial charge in [0, 0.05) is 25.4 Å². The normalized spacial score (nSPS) is 12.4. The minimum atomic E-state index is -0.104. The summed E-state index contributed by atoms with van der Waals surface area (Å²) in [5.41, 5.74) is 6.96. The Kier molecular flexibility index (Phi) is 5.71. The molecule has 0 aliphatic heterocycles. The van der Waals surface area contributed by atoms with Crippen molar-refractivity contribution in [2.75, 3.05) is 18.9 Å². The number of nitrogens with two attached hydrogens (primary N) is 1. The number of carbonyl (C=O) groups excluding carboxylic acids is 1. The maximum Gasteiger partial charge on any atom is 0.268 e. The number of hydrogen-bond donors (Lipinski definition) is 2. The molecule has 1 heterocycles. The lowest BCUT2D eigenvalue weighted by molar-refractivity contribution is 0.0863. The summed E-state index contributed by atoms with van der Waals surface area (Å²) in [4.78, 5) is 12.1. The maximum absolute atomic E-state index is 12.1. The number of nitrogens with zero attached hydrogens (tertiary/aromatic N) is 1. The maximum atomic E-state index is 12.1. The van der Waals surface area contributed by atoms with E-state index >= 15 is 0 Å². The molecule has 0 spiro atoms. The predicted octanol–water partition coefficient (Wildman–Crippen LogP) is 1.64. The number of aryl methyl sites for hydroxylation is 1. The standard InChI is InChI=1S/C13H23N3O2/c1-4-6-16-8-11(14)7-12(16)13(17)15-10(3)9-18-5-2/h7-8,10H,4-6,9,14H2,1-3H3,(H,15,17). The van der Waals surface area contributed by atoms with Crippen LogP contribution < -0.4 is 11.1 Å². The van der Waals surface area contributed by atoms with Crippen LogP contribution in [0.4, 0.5) is 5.69 Å². The van der Waals surface area contributed by atoms with Crippen molar-refractivity contribution in [1.82, 2.24) is 9.88 Å². The van der Waals surface area contributed by atoms with Crippen LogP contribution in [-0.2, 0) is 11.3 Å². The van der Waals surface area contributed by atoms with E-state index in [4.69, 9.17) is 10.5 Å². The first-order valence-electron chi connectivity index (χ1n) is 6.42. The van der Waals surface area contributed by atoms with Crippen molar-refractivity contribution in [2.45, 2.75) is 39.8 Å². The Morgan fingerprint density at radius 2 is 2.28 bits per heavy atom. The number of ether oxygens (including phenoxy) is 1. The van der Waals surface area contributed by atoms with Crippen molar-refractivity contribution in [3.05, 3.63) is 18.0 Å². The average molecular weight is 253 g/mol. The van der Waals surface area contributed by atoms with Crippen LogP contribution in [0.1, 0.15) is 37.7 Å². The molecule has 0 bridgehead atoms. The van der Waals surface area contributed by atoms with E-state index in [-0.39, 0.29) is 11.9 Å². The van der Waals surface area contributed by atoms with E-state index in [0.717, 1.165) is 13.0 Å². The highest BCUT2D eigenvalue weighted by Gasteiger charge is 2.14. The average Bonchev–Trinajstić information content (AvgIpc) is 2.68. The third-order valence-electron chi connectivity index (χ3n) is 2.56. The number of nitrogen functional groups attached to an aromatic ring is 1. The van der Waals surface area contributed by atoms with Gasteiger partial charge in [-0.2, -0.15) is 0 Å². The zero-order chi connectivity index (χ0) is 13.5. The summed E-state index contributed by atoms with van der Waals surface area (Å²) in [5, 5.41) is 2.90. The fourth-order valence-electron chi connectivity index (χ4n) is 1.78. The van der Waals surface area contributed by atoms with Crippen LogP contribution in [-0.4, -0.2) is 29.7 Å². The lowest BCUT2D eigenvalue weighted by atomic mass is 10.3. The van der Waals surface area contributed by atoms with Crippen LogP contribution in [0.2, 0.25) is 0 Å². The Morgan fingerprint density at radius 1 is 1.56 bits per heavy atom. The third kappa shape index (κ3) is 4.07. The van der Waals surface area contributed by atoms with Gasteiger partial charge in [-0.25, -0.2) is 0 Å². The number of rotatable bonds is 7. The molecular weight excluding hydrogens is 230 g/mol. The number of hydrogen-bond acceptors (Lipinski definition) is 3. The Balaban J connectivity index is 2.65. The molecule has 0 saturated carbocycles. The summed E-state index contributed by atoms with van der Waals surface area (Å²) in [6.45, 7) is 7.88. The van der Waals surface area contributed by atoms with E-state index in [1.54, 1.807) is 12.3 Å². The van der Waals surface area contributed by atoms with Gasteiger partial charge in [-0.3, -0.25) is 4.79 Å². The highest BCUT2D eigenvalue weighted by molar-refractivity contribution is 5.94. The van der Waals surface area contributed by atoms with Gasteiger partial charge in [0.05, 0.1) is 12.3 Å². The quantitative estimate of drug-likeness (QED) is 0.776. The second-order valence-corrected chi connectivity index (χ2v) is 4.39. The van der Waals surface area contributed by atoms with Crippen molar-refractivity contribution in [3.8, 4) is 0 Å². The van der Waals surface area contributed by atoms with Crippen molar-refractivity contribution in [3.63, 3.8) is 0 Å². The molecule has 0 saturated heterocycles. The predicted molar refractivity (Wildman–Crippen MR) is 72.6 cm³/mol. The van der Waals surface area contributed by atoms with Gasteiger partial charge >= 0.3 is 0 Å². The molecule has 0 radical (unpaired) electrons. The highest BCUT2D eigenvalue weighted by Crippen LogP contribution is 2.11. The van der Waals surface area contributed by atoms with Crippen LogP contribution in [0.3, 0.4) is 0 Å². The Morgan fingerprint density at radius 3 is 2.89 bits per heavy atom. The van der Waals surface area contributed by atoms with Gasteiger partial charge in [-0.05, 0) is 26.3 Å². The van der Waals surface area contributed by atoms with Crippen LogP contribution in [0, 0.1) is 0 Å². The van der Waals surface area contributed by atoms with E-state index < -0.39 is 0 Å². The molecule has 0 fully saturated rings. The number of aromatic nitrogens is 1. The molecule has 1 rings (SSSR count). The molecule has 1 amide bonds. The summed E-state index contributed by atoms with van der Waals surface area (Å²) >= 11 is 0. The first kappa shape index (κ1) is 14.6. The zero-order valence-electron chi connectivity index (χ0n) is 11.4. The summed E-state index contributed by atoms with van der Waals surface area (Å²) in [6.07, 6.45) is 2.76. The molecule has 102 valence electrons. The van der Waals surface area contributed by atoms with E-state index in [1.165, 1.54) is 0 Å². The van der Waals surface area contributed by atoms with Gasteiger partial charge in [0.25, 0.3) is 5.91 Å². The van der Waals surface area contributed by atoms with Crippen LogP contribution in [0.15, 0.2) is 12.3 Å². The van der Waals surface area contributed by atoms with E-state index in [1.807, 2.05) is 18.4 Å². The summed E-state index contributed by atoms with van der Waals surface area (Å²) in [5.74, 6) is -0.104. The van der Waals surface area contributed by atoms with Gasteiger partial charge < -0.3 is 20.4 Å². The zero-order valence-corrected chi connectivity index (χ0v) is 11.4. The molecule has 1 atom stereocenters. The molecule has 1 aromatic heterocycles. The highest BCUT2D eigenvalue weighted by atomic mass is 16.5. The summed E-state index contributed by atoms with van der Waals surface area (Å²) in [6, 6.07) is 1.70. The molecule has 18 heavy (non-hydrogen) atoms. The minimum Gasteiger partial charge on any atom is -0.397 e. The van der Waals surface area contributed by atoms with Gasteiger partial charge in [0.15, 0.2) is 0 Å². The minimum absolute atomic E-state index is 0.0105. The second-order valence-electron chi connectivity index (χ2n) is 4.39. The lowest BCUT2D eigenvalue weighted by Crippen LogP contribution is -2.36. The Hall–Kier alpha value is -1.49. The molecule has 3 N–H and O–H groups in total. The van der Waals surface area contributed by atoms with Crippen LogP contribution in [0.25, 0.3) is 0 Å². The first-order chi connectivity index (χ1) is 8.58. The van der Waals surface area contributed by atoms with Gasteiger partial charge in [0.1, 0.15) is 5.69 Å².